The van der Waals surface area contributed by atoms with Crippen LogP contribution in [0, 0.1) is 12.1 Å². The molecule has 2 heteroatoms. The highest BCUT2D eigenvalue weighted by atomic mass is 15.1. The van der Waals surface area contributed by atoms with Crippen LogP contribution in [0.1, 0.15) is 0 Å². The molecular weight excluding hydrogens is 677 g/mol. The molecule has 0 fully saturated rings. The Morgan fingerprint density at radius 1 is 0.339 bits per heavy atom. The standard InChI is InChI=1S/C54H36N2/c1-4-15-39(16-5-1)41-27-33-45(34-28-41)55(46-35-29-42(30-36-46)40-17-6-2-7-18-40)47-37-31-44(32-38-47)49-24-14-23-48(43-19-8-3-9-20-43)54(49)56-52-25-12-10-21-50(52)51-22-11-13-26-53(51)56/h1-10,12-21,23-38H. The van der Waals surface area contributed by atoms with Crippen molar-refractivity contribution < 1.29 is 0 Å². The number of hydrogen-bond acceptors (Lipinski definition) is 1. The van der Waals surface area contributed by atoms with Crippen LogP contribution in [-0.4, -0.2) is 4.57 Å². The van der Waals surface area contributed by atoms with E-state index in [1.165, 1.54) is 33.4 Å². The first kappa shape index (κ1) is 33.0. The SMILES string of the molecule is c1ccc2c(c#1)c1ccccc1n2-c1c(-c2ccccc2)cccc1-c1ccc(N(c2ccc(-c3ccccc3)cc2)c2ccc(-c3ccccc3)cc2)cc1. The van der Waals surface area contributed by atoms with E-state index in [9.17, 15) is 0 Å². The van der Waals surface area contributed by atoms with E-state index in [0.717, 1.165) is 55.7 Å². The van der Waals surface area contributed by atoms with Gasteiger partial charge in [-0.3, -0.25) is 0 Å². The van der Waals surface area contributed by atoms with Crippen LogP contribution >= 0.6 is 0 Å². The normalized spacial score (nSPS) is 11.1. The van der Waals surface area contributed by atoms with Crippen LogP contribution < -0.4 is 4.90 Å². The Kier molecular flexibility index (Phi) is 8.44. The minimum atomic E-state index is 1.07. The zero-order chi connectivity index (χ0) is 37.3. The number of para-hydroxylation sites is 2. The van der Waals surface area contributed by atoms with Crippen LogP contribution in [0.3, 0.4) is 0 Å². The van der Waals surface area contributed by atoms with Crippen molar-refractivity contribution in [2.24, 2.45) is 0 Å². The number of rotatable bonds is 8. The van der Waals surface area contributed by atoms with Gasteiger partial charge in [0.05, 0.1) is 22.1 Å². The van der Waals surface area contributed by atoms with E-state index in [2.05, 4.69) is 234 Å². The van der Waals surface area contributed by atoms with Gasteiger partial charge in [-0.25, -0.2) is 0 Å². The van der Waals surface area contributed by atoms with Crippen molar-refractivity contribution in [3.63, 3.8) is 0 Å². The predicted octanol–water partition coefficient (Wildman–Crippen LogP) is 14.5. The predicted molar refractivity (Wildman–Crippen MR) is 235 cm³/mol. The molecule has 10 aromatic rings. The molecular formula is C54H36N2. The molecule has 56 heavy (non-hydrogen) atoms. The summed E-state index contributed by atoms with van der Waals surface area (Å²) < 4.78 is 2.41. The number of hydrogen-bond donors (Lipinski definition) is 0. The first-order valence-electron chi connectivity index (χ1n) is 19.0. The summed E-state index contributed by atoms with van der Waals surface area (Å²) in [4.78, 5) is 2.34. The monoisotopic (exact) mass is 712 g/mol. The molecule has 0 saturated heterocycles. The third-order valence-corrected chi connectivity index (χ3v) is 10.7. The Hall–Kier alpha value is -7.60. The van der Waals surface area contributed by atoms with Crippen molar-refractivity contribution >= 4 is 38.9 Å². The van der Waals surface area contributed by atoms with E-state index in [-0.39, 0.29) is 0 Å². The van der Waals surface area contributed by atoms with E-state index in [1.807, 2.05) is 6.07 Å². The highest BCUT2D eigenvalue weighted by Gasteiger charge is 2.20. The maximum Gasteiger partial charge on any atom is 0.0632 e. The second-order valence-corrected chi connectivity index (χ2v) is 14.0. The molecule has 1 heterocycles. The zero-order valence-corrected chi connectivity index (χ0v) is 30.7. The molecule has 0 aliphatic heterocycles. The molecule has 1 aromatic heterocycles. The zero-order valence-electron chi connectivity index (χ0n) is 30.7. The molecule has 0 amide bonds. The van der Waals surface area contributed by atoms with Gasteiger partial charge < -0.3 is 9.47 Å². The van der Waals surface area contributed by atoms with Crippen LogP contribution in [0.2, 0.25) is 0 Å². The van der Waals surface area contributed by atoms with Crippen molar-refractivity contribution in [2.75, 3.05) is 4.90 Å². The van der Waals surface area contributed by atoms with Crippen molar-refractivity contribution in [2.45, 2.75) is 0 Å². The Morgan fingerprint density at radius 3 is 1.30 bits per heavy atom. The van der Waals surface area contributed by atoms with E-state index in [0.29, 0.717) is 0 Å². The van der Waals surface area contributed by atoms with Crippen molar-refractivity contribution in [1.29, 1.82) is 0 Å². The van der Waals surface area contributed by atoms with Gasteiger partial charge in [-0.15, -0.1) is 0 Å². The Bertz CT molecular complexity index is 2770. The van der Waals surface area contributed by atoms with E-state index < -0.39 is 0 Å². The Balaban J connectivity index is 1.12. The molecule has 9 aromatic carbocycles. The molecule has 0 spiro atoms. The number of benzene rings is 8. The third kappa shape index (κ3) is 5.99. The third-order valence-electron chi connectivity index (χ3n) is 10.7. The van der Waals surface area contributed by atoms with E-state index >= 15 is 0 Å². The number of nitrogens with zero attached hydrogens (tertiary/aromatic N) is 2. The maximum absolute atomic E-state index is 3.43. The van der Waals surface area contributed by atoms with Crippen molar-refractivity contribution in [3.05, 3.63) is 231 Å². The number of aromatic nitrogens is 1. The van der Waals surface area contributed by atoms with E-state index in [1.54, 1.807) is 0 Å². The summed E-state index contributed by atoms with van der Waals surface area (Å²) in [5, 5.41) is 2.23. The fourth-order valence-corrected chi connectivity index (χ4v) is 8.00. The largest absolute Gasteiger partial charge is 0.311 e. The maximum atomic E-state index is 3.43. The molecule has 0 saturated carbocycles. The van der Waals surface area contributed by atoms with Crippen LogP contribution in [0.4, 0.5) is 17.1 Å². The summed E-state index contributed by atoms with van der Waals surface area (Å²) in [6.45, 7) is 0. The quantitative estimate of drug-likeness (QED) is 0.152. The molecule has 262 valence electrons. The van der Waals surface area contributed by atoms with Gasteiger partial charge in [-0.05, 0) is 88.0 Å². The minimum absolute atomic E-state index is 1.07. The fourth-order valence-electron chi connectivity index (χ4n) is 8.00. The van der Waals surface area contributed by atoms with Gasteiger partial charge in [0, 0.05) is 33.6 Å². The average Bonchev–Trinajstić information content (AvgIpc) is 3.62. The van der Waals surface area contributed by atoms with Gasteiger partial charge >= 0.3 is 0 Å². The van der Waals surface area contributed by atoms with Gasteiger partial charge in [0.25, 0.3) is 0 Å². The van der Waals surface area contributed by atoms with Gasteiger partial charge in [0.15, 0.2) is 0 Å². The lowest BCUT2D eigenvalue weighted by molar-refractivity contribution is 1.18. The molecule has 10 rings (SSSR count). The van der Waals surface area contributed by atoms with Gasteiger partial charge in [0.2, 0.25) is 0 Å². The van der Waals surface area contributed by atoms with Crippen molar-refractivity contribution in [3.8, 4) is 50.2 Å². The number of anilines is 3. The van der Waals surface area contributed by atoms with E-state index in [4.69, 9.17) is 0 Å². The lowest BCUT2D eigenvalue weighted by Crippen LogP contribution is -2.10. The molecule has 0 aliphatic carbocycles. The summed E-state index contributed by atoms with van der Waals surface area (Å²) in [6, 6.07) is 84.6. The topological polar surface area (TPSA) is 8.17 Å². The van der Waals surface area contributed by atoms with Crippen LogP contribution in [-0.2, 0) is 0 Å². The molecule has 0 bridgehead atoms. The molecule has 0 radical (unpaired) electrons. The lowest BCUT2D eigenvalue weighted by Gasteiger charge is -2.26. The average molecular weight is 713 g/mol. The Labute approximate surface area is 327 Å². The summed E-state index contributed by atoms with van der Waals surface area (Å²) in [6.07, 6.45) is 0. The Morgan fingerprint density at radius 2 is 0.768 bits per heavy atom. The van der Waals surface area contributed by atoms with Gasteiger partial charge in [-0.2, -0.15) is 0 Å². The second-order valence-electron chi connectivity index (χ2n) is 14.0. The highest BCUT2D eigenvalue weighted by Crippen LogP contribution is 2.42. The highest BCUT2D eigenvalue weighted by molar-refractivity contribution is 6.10. The molecule has 0 unspecified atom stereocenters. The molecule has 0 atom stereocenters. The van der Waals surface area contributed by atoms with Crippen LogP contribution in [0.25, 0.3) is 72.0 Å². The minimum Gasteiger partial charge on any atom is -0.311 e. The van der Waals surface area contributed by atoms with Gasteiger partial charge in [0.1, 0.15) is 0 Å². The first-order valence-corrected chi connectivity index (χ1v) is 19.0. The van der Waals surface area contributed by atoms with Crippen LogP contribution in [0.15, 0.2) is 218 Å². The van der Waals surface area contributed by atoms with Gasteiger partial charge in [-0.1, -0.05) is 176 Å². The first-order chi connectivity index (χ1) is 27.8. The second kappa shape index (κ2) is 14.3. The molecule has 0 N–H and O–H groups in total. The summed E-state index contributed by atoms with van der Waals surface area (Å²) in [7, 11) is 0. The van der Waals surface area contributed by atoms with Crippen molar-refractivity contribution in [1.82, 2.24) is 4.57 Å². The summed E-state index contributed by atoms with van der Waals surface area (Å²) >= 11 is 0. The lowest BCUT2D eigenvalue weighted by atomic mass is 9.95. The van der Waals surface area contributed by atoms with Crippen LogP contribution in [0.5, 0.6) is 0 Å². The smallest absolute Gasteiger partial charge is 0.0632 e. The number of fused-ring (bicyclic) bond motifs is 3. The fraction of sp³-hybridized carbons (Fsp3) is 0. The summed E-state index contributed by atoms with van der Waals surface area (Å²) in [5.74, 6) is 0. The molecule has 0 aliphatic rings. The molecule has 2 nitrogen and oxygen atoms in total. The summed E-state index contributed by atoms with van der Waals surface area (Å²) in [5.41, 5.74) is 16.1.